The van der Waals surface area contributed by atoms with Gasteiger partial charge in [-0.3, -0.25) is 20.4 Å². The molecule has 1 aromatic heterocycles. The van der Waals surface area contributed by atoms with Crippen LogP contribution in [0, 0.1) is 0 Å². The van der Waals surface area contributed by atoms with Crippen molar-refractivity contribution in [1.82, 2.24) is 25.6 Å². The smallest absolute Gasteiger partial charge is 0.269 e. The second-order valence-corrected chi connectivity index (χ2v) is 7.47. The van der Waals surface area contributed by atoms with Gasteiger partial charge in [-0.1, -0.05) is 30.0 Å². The summed E-state index contributed by atoms with van der Waals surface area (Å²) in [6.45, 7) is 1.73. The van der Waals surface area contributed by atoms with Gasteiger partial charge in [-0.05, 0) is 43.3 Å². The van der Waals surface area contributed by atoms with Gasteiger partial charge in [0.1, 0.15) is 5.75 Å². The molecule has 29 heavy (non-hydrogen) atoms. The van der Waals surface area contributed by atoms with Gasteiger partial charge in [-0.25, -0.2) is 0 Å². The van der Waals surface area contributed by atoms with Crippen LogP contribution in [-0.4, -0.2) is 38.9 Å². The van der Waals surface area contributed by atoms with Crippen LogP contribution in [0.5, 0.6) is 5.75 Å². The minimum absolute atomic E-state index is 0.340. The molecular formula is C20H21N5O3S. The Morgan fingerprint density at radius 3 is 2.38 bits per heavy atom. The van der Waals surface area contributed by atoms with E-state index in [9.17, 15) is 9.59 Å². The van der Waals surface area contributed by atoms with Crippen molar-refractivity contribution in [1.29, 1.82) is 0 Å². The van der Waals surface area contributed by atoms with E-state index < -0.39 is 5.25 Å². The van der Waals surface area contributed by atoms with Gasteiger partial charge >= 0.3 is 0 Å². The van der Waals surface area contributed by atoms with E-state index in [0.29, 0.717) is 16.5 Å². The highest BCUT2D eigenvalue weighted by Crippen LogP contribution is 2.26. The summed E-state index contributed by atoms with van der Waals surface area (Å²) in [7, 11) is 3.45. The Kier molecular flexibility index (Phi) is 6.50. The van der Waals surface area contributed by atoms with Crippen LogP contribution in [0.3, 0.4) is 0 Å². The third-order valence-corrected chi connectivity index (χ3v) is 5.30. The first-order chi connectivity index (χ1) is 14.0. The third-order valence-electron chi connectivity index (χ3n) is 4.17. The number of carbonyl (C=O) groups is 2. The van der Waals surface area contributed by atoms with Gasteiger partial charge in [0.25, 0.3) is 11.8 Å². The molecule has 0 saturated heterocycles. The molecule has 150 valence electrons. The molecule has 1 atom stereocenters. The molecule has 0 bridgehead atoms. The molecule has 3 rings (SSSR count). The van der Waals surface area contributed by atoms with Crippen molar-refractivity contribution >= 4 is 23.6 Å². The molecule has 0 aliphatic carbocycles. The number of nitrogens with zero attached hydrogens (tertiary/aromatic N) is 3. The number of rotatable bonds is 6. The third kappa shape index (κ3) is 4.94. The van der Waals surface area contributed by atoms with E-state index in [1.807, 2.05) is 41.9 Å². The van der Waals surface area contributed by atoms with E-state index >= 15 is 0 Å². The van der Waals surface area contributed by atoms with E-state index in [4.69, 9.17) is 4.74 Å². The van der Waals surface area contributed by atoms with Crippen LogP contribution in [0.1, 0.15) is 17.3 Å². The highest BCUT2D eigenvalue weighted by molar-refractivity contribution is 8.00. The summed E-state index contributed by atoms with van der Waals surface area (Å²) in [5.74, 6) is 0.721. The molecule has 2 amide bonds. The van der Waals surface area contributed by atoms with E-state index in [2.05, 4.69) is 21.0 Å². The van der Waals surface area contributed by atoms with Crippen molar-refractivity contribution in [2.24, 2.45) is 7.05 Å². The predicted octanol–water partition coefficient (Wildman–Crippen LogP) is 2.43. The second kappa shape index (κ2) is 9.24. The van der Waals surface area contributed by atoms with Crippen LogP contribution in [0.15, 0.2) is 59.8 Å². The Balaban J connectivity index is 1.60. The monoisotopic (exact) mass is 411 g/mol. The fourth-order valence-electron chi connectivity index (χ4n) is 2.50. The fraction of sp³-hybridized carbons (Fsp3) is 0.200. The van der Waals surface area contributed by atoms with Gasteiger partial charge in [0.05, 0.1) is 12.4 Å². The van der Waals surface area contributed by atoms with Crippen LogP contribution in [0.2, 0.25) is 0 Å². The number of amides is 2. The first-order valence-corrected chi connectivity index (χ1v) is 9.73. The maximum Gasteiger partial charge on any atom is 0.269 e. The lowest BCUT2D eigenvalue weighted by Gasteiger charge is -2.12. The van der Waals surface area contributed by atoms with E-state index in [-0.39, 0.29) is 11.8 Å². The average molecular weight is 411 g/mol. The minimum atomic E-state index is -0.488. The molecule has 0 unspecified atom stereocenters. The predicted molar refractivity (Wildman–Crippen MR) is 110 cm³/mol. The van der Waals surface area contributed by atoms with Gasteiger partial charge < -0.3 is 9.30 Å². The van der Waals surface area contributed by atoms with E-state index in [0.717, 1.165) is 11.3 Å². The van der Waals surface area contributed by atoms with Crippen LogP contribution < -0.4 is 15.6 Å². The molecule has 1 heterocycles. The van der Waals surface area contributed by atoms with Crippen LogP contribution >= 0.6 is 11.8 Å². The highest BCUT2D eigenvalue weighted by atomic mass is 32.2. The summed E-state index contributed by atoms with van der Waals surface area (Å²) in [5.41, 5.74) is 6.21. The molecule has 2 N–H and O–H groups in total. The minimum Gasteiger partial charge on any atom is -0.497 e. The van der Waals surface area contributed by atoms with E-state index in [1.54, 1.807) is 38.3 Å². The number of carbonyl (C=O) groups excluding carboxylic acids is 2. The number of hydrogen-bond acceptors (Lipinski definition) is 6. The fourth-order valence-corrected chi connectivity index (χ4v) is 3.32. The van der Waals surface area contributed by atoms with Crippen molar-refractivity contribution in [2.45, 2.75) is 17.3 Å². The summed E-state index contributed by atoms with van der Waals surface area (Å²) in [5, 5.41) is 8.50. The van der Waals surface area contributed by atoms with Crippen LogP contribution in [0.4, 0.5) is 0 Å². The molecule has 0 spiro atoms. The molecule has 3 aromatic rings. The van der Waals surface area contributed by atoms with Gasteiger partial charge in [0.15, 0.2) is 11.0 Å². The molecule has 0 saturated carbocycles. The number of ether oxygens (including phenoxy) is 1. The first kappa shape index (κ1) is 20.4. The van der Waals surface area contributed by atoms with Gasteiger partial charge in [-0.15, -0.1) is 10.2 Å². The highest BCUT2D eigenvalue weighted by Gasteiger charge is 2.20. The van der Waals surface area contributed by atoms with Gasteiger partial charge in [0, 0.05) is 18.2 Å². The Morgan fingerprint density at radius 2 is 1.72 bits per heavy atom. The largest absolute Gasteiger partial charge is 0.497 e. The SMILES string of the molecule is COc1ccc(-c2nnc(S[C@H](C)C(=O)NNC(=O)c3ccccc3)n2C)cc1. The Hall–Kier alpha value is -3.33. The second-order valence-electron chi connectivity index (χ2n) is 6.16. The number of thioether (sulfide) groups is 1. The zero-order chi connectivity index (χ0) is 20.8. The first-order valence-electron chi connectivity index (χ1n) is 8.85. The number of aromatic nitrogens is 3. The molecule has 9 heteroatoms. The number of methoxy groups -OCH3 is 1. The number of benzene rings is 2. The van der Waals surface area contributed by atoms with Crippen LogP contribution in [0.25, 0.3) is 11.4 Å². The summed E-state index contributed by atoms with van der Waals surface area (Å²) in [4.78, 5) is 24.3. The van der Waals surface area contributed by atoms with Gasteiger partial charge in [-0.2, -0.15) is 0 Å². The number of hydrogen-bond donors (Lipinski definition) is 2. The quantitative estimate of drug-likeness (QED) is 0.478. The molecular weight excluding hydrogens is 390 g/mol. The summed E-state index contributed by atoms with van der Waals surface area (Å²) in [6, 6.07) is 16.1. The number of hydrazine groups is 1. The van der Waals surface area contributed by atoms with Crippen molar-refractivity contribution in [3.8, 4) is 17.1 Å². The molecule has 0 aliphatic heterocycles. The van der Waals surface area contributed by atoms with Crippen molar-refractivity contribution in [3.63, 3.8) is 0 Å². The molecule has 2 aromatic carbocycles. The maximum absolute atomic E-state index is 12.3. The topological polar surface area (TPSA) is 98.1 Å². The lowest BCUT2D eigenvalue weighted by Crippen LogP contribution is -2.44. The summed E-state index contributed by atoms with van der Waals surface area (Å²) >= 11 is 1.25. The average Bonchev–Trinajstić information content (AvgIpc) is 3.12. The molecule has 8 nitrogen and oxygen atoms in total. The van der Waals surface area contributed by atoms with Crippen molar-refractivity contribution in [3.05, 3.63) is 60.2 Å². The van der Waals surface area contributed by atoms with E-state index in [1.165, 1.54) is 11.8 Å². The normalized spacial score (nSPS) is 11.6. The van der Waals surface area contributed by atoms with Crippen molar-refractivity contribution in [2.75, 3.05) is 7.11 Å². The lowest BCUT2D eigenvalue weighted by atomic mass is 10.2. The number of nitrogens with one attached hydrogen (secondary N) is 2. The standard InChI is InChI=1S/C20H21N5O3S/c1-13(18(26)22-23-19(27)15-7-5-4-6-8-15)29-20-24-21-17(25(20)2)14-9-11-16(28-3)12-10-14/h4-13H,1-3H3,(H,22,26)(H,23,27)/t13-/m1/s1. The lowest BCUT2D eigenvalue weighted by molar-refractivity contribution is -0.121. The Bertz CT molecular complexity index is 989. The zero-order valence-electron chi connectivity index (χ0n) is 16.2. The molecule has 0 radical (unpaired) electrons. The zero-order valence-corrected chi connectivity index (χ0v) is 17.1. The maximum atomic E-state index is 12.3. The Labute approximate surface area is 172 Å². The molecule has 0 aliphatic rings. The van der Waals surface area contributed by atoms with Crippen LogP contribution in [-0.2, 0) is 11.8 Å². The Morgan fingerprint density at radius 1 is 1.03 bits per heavy atom. The van der Waals surface area contributed by atoms with Crippen molar-refractivity contribution < 1.29 is 14.3 Å². The molecule has 0 fully saturated rings. The summed E-state index contributed by atoms with van der Waals surface area (Å²) in [6.07, 6.45) is 0. The van der Waals surface area contributed by atoms with Gasteiger partial charge in [0.2, 0.25) is 0 Å². The summed E-state index contributed by atoms with van der Waals surface area (Å²) < 4.78 is 6.98.